The number of carboxylic acid groups (broad SMARTS) is 1. The average Bonchev–Trinajstić information content (AvgIpc) is 2.17. The van der Waals surface area contributed by atoms with Gasteiger partial charge in [0.1, 0.15) is 0 Å². The van der Waals surface area contributed by atoms with Crippen LogP contribution >= 0.6 is 0 Å². The fourth-order valence-corrected chi connectivity index (χ4v) is 3.06. The number of fused-ring (bicyclic) bond motifs is 1. The summed E-state index contributed by atoms with van der Waals surface area (Å²) in [4.78, 5) is 15.2. The van der Waals surface area contributed by atoms with Gasteiger partial charge in [-0.05, 0) is 38.8 Å². The molecule has 2 saturated heterocycles. The fraction of sp³-hybridized carbons (Fsp3) is 0.909. The molecular weight excluding hydrogens is 192 g/mol. The van der Waals surface area contributed by atoms with Crippen molar-refractivity contribution in [1.82, 2.24) is 9.80 Å². The number of hydrogen-bond acceptors (Lipinski definition) is 3. The van der Waals surface area contributed by atoms with Crippen molar-refractivity contribution in [2.75, 3.05) is 33.2 Å². The Morgan fingerprint density at radius 2 is 2.20 bits per heavy atom. The Bertz CT molecular complexity index is 245. The van der Waals surface area contributed by atoms with Crippen molar-refractivity contribution < 1.29 is 9.90 Å². The van der Waals surface area contributed by atoms with Crippen LogP contribution in [0.1, 0.15) is 19.3 Å². The van der Waals surface area contributed by atoms with Crippen molar-refractivity contribution in [3.8, 4) is 0 Å². The van der Waals surface area contributed by atoms with Gasteiger partial charge in [-0.1, -0.05) is 0 Å². The van der Waals surface area contributed by atoms with Crippen LogP contribution in [0.15, 0.2) is 0 Å². The average molecular weight is 212 g/mol. The molecule has 0 bridgehead atoms. The second-order valence-corrected chi connectivity index (χ2v) is 4.87. The highest BCUT2D eigenvalue weighted by Gasteiger charge is 2.34. The second-order valence-electron chi connectivity index (χ2n) is 4.87. The molecule has 0 radical (unpaired) electrons. The van der Waals surface area contributed by atoms with E-state index in [-0.39, 0.29) is 6.54 Å². The molecule has 0 amide bonds. The molecule has 0 aliphatic carbocycles. The molecule has 2 unspecified atom stereocenters. The summed E-state index contributed by atoms with van der Waals surface area (Å²) >= 11 is 0. The molecule has 2 heterocycles. The number of carboxylic acids is 1. The molecule has 2 fully saturated rings. The first-order valence-corrected chi connectivity index (χ1v) is 5.81. The lowest BCUT2D eigenvalue weighted by Crippen LogP contribution is -2.53. The lowest BCUT2D eigenvalue weighted by atomic mass is 9.84. The van der Waals surface area contributed by atoms with Gasteiger partial charge in [0.05, 0.1) is 6.54 Å². The van der Waals surface area contributed by atoms with E-state index in [9.17, 15) is 4.79 Å². The number of nitrogens with zero attached hydrogens (tertiary/aromatic N) is 2. The summed E-state index contributed by atoms with van der Waals surface area (Å²) in [6, 6.07) is 0.698. The summed E-state index contributed by atoms with van der Waals surface area (Å²) in [6.07, 6.45) is 3.66. The zero-order chi connectivity index (χ0) is 10.8. The highest BCUT2D eigenvalue weighted by molar-refractivity contribution is 5.69. The third-order valence-corrected chi connectivity index (χ3v) is 3.79. The first-order chi connectivity index (χ1) is 7.16. The minimum absolute atomic E-state index is 0.215. The van der Waals surface area contributed by atoms with E-state index in [1.54, 1.807) is 0 Å². The van der Waals surface area contributed by atoms with Gasteiger partial charge >= 0.3 is 5.97 Å². The van der Waals surface area contributed by atoms with E-state index < -0.39 is 5.97 Å². The third kappa shape index (κ3) is 2.49. The van der Waals surface area contributed by atoms with Crippen LogP contribution < -0.4 is 0 Å². The molecule has 2 atom stereocenters. The number of piperidine rings is 2. The predicted octanol–water partition coefficient (Wildman–Crippen LogP) is 0.487. The molecule has 2 rings (SSSR count). The van der Waals surface area contributed by atoms with E-state index in [2.05, 4.69) is 16.8 Å². The Balaban J connectivity index is 1.91. The summed E-state index contributed by atoms with van der Waals surface area (Å²) in [5.41, 5.74) is 0. The standard InChI is InChI=1S/C11H20N2O2/c1-12-5-2-3-9-7-13(8-11(14)15)6-4-10(9)12/h9-10H,2-8H2,1H3,(H,14,15). The zero-order valence-corrected chi connectivity index (χ0v) is 9.35. The maximum Gasteiger partial charge on any atom is 0.317 e. The van der Waals surface area contributed by atoms with Crippen LogP contribution in [0.25, 0.3) is 0 Å². The first-order valence-electron chi connectivity index (χ1n) is 5.81. The molecule has 2 aliphatic heterocycles. The van der Waals surface area contributed by atoms with Crippen molar-refractivity contribution in [2.45, 2.75) is 25.3 Å². The molecule has 0 aromatic rings. The Morgan fingerprint density at radius 3 is 2.93 bits per heavy atom. The monoisotopic (exact) mass is 212 g/mol. The van der Waals surface area contributed by atoms with Crippen LogP contribution in [-0.2, 0) is 4.79 Å². The maximum atomic E-state index is 10.6. The van der Waals surface area contributed by atoms with E-state index in [4.69, 9.17) is 5.11 Å². The number of rotatable bonds is 2. The molecule has 0 aromatic carbocycles. The molecule has 1 N–H and O–H groups in total. The van der Waals surface area contributed by atoms with E-state index in [0.717, 1.165) is 19.5 Å². The quantitative estimate of drug-likeness (QED) is 0.723. The highest BCUT2D eigenvalue weighted by atomic mass is 16.4. The van der Waals surface area contributed by atoms with E-state index in [1.807, 2.05) is 0 Å². The van der Waals surface area contributed by atoms with Crippen LogP contribution in [0, 0.1) is 5.92 Å². The highest BCUT2D eigenvalue weighted by Crippen LogP contribution is 2.29. The summed E-state index contributed by atoms with van der Waals surface area (Å²) in [6.45, 7) is 3.34. The van der Waals surface area contributed by atoms with Crippen LogP contribution in [-0.4, -0.2) is 60.1 Å². The van der Waals surface area contributed by atoms with Gasteiger partial charge in [0, 0.05) is 19.1 Å². The van der Waals surface area contributed by atoms with Gasteiger partial charge in [0.2, 0.25) is 0 Å². The minimum Gasteiger partial charge on any atom is -0.480 e. The van der Waals surface area contributed by atoms with Crippen LogP contribution in [0.4, 0.5) is 0 Å². The summed E-state index contributed by atoms with van der Waals surface area (Å²) in [5, 5.41) is 8.76. The topological polar surface area (TPSA) is 43.8 Å². The smallest absolute Gasteiger partial charge is 0.317 e. The molecule has 15 heavy (non-hydrogen) atoms. The maximum absolute atomic E-state index is 10.6. The fourth-order valence-electron chi connectivity index (χ4n) is 3.06. The number of hydrogen-bond donors (Lipinski definition) is 1. The summed E-state index contributed by atoms with van der Waals surface area (Å²) in [7, 11) is 2.20. The molecular formula is C11H20N2O2. The van der Waals surface area contributed by atoms with Gasteiger partial charge in [0.15, 0.2) is 0 Å². The van der Waals surface area contributed by atoms with E-state index in [0.29, 0.717) is 12.0 Å². The summed E-state index contributed by atoms with van der Waals surface area (Å²) < 4.78 is 0. The summed E-state index contributed by atoms with van der Waals surface area (Å²) in [5.74, 6) is -0.00513. The molecule has 0 spiro atoms. The predicted molar refractivity (Wildman–Crippen MR) is 57.8 cm³/mol. The van der Waals surface area contributed by atoms with Gasteiger partial charge in [0.25, 0.3) is 0 Å². The van der Waals surface area contributed by atoms with Gasteiger partial charge in [-0.2, -0.15) is 0 Å². The van der Waals surface area contributed by atoms with Gasteiger partial charge < -0.3 is 10.0 Å². The van der Waals surface area contributed by atoms with Gasteiger partial charge in [-0.25, -0.2) is 0 Å². The molecule has 86 valence electrons. The van der Waals surface area contributed by atoms with Crippen molar-refractivity contribution in [2.24, 2.45) is 5.92 Å². The molecule has 0 aromatic heterocycles. The van der Waals surface area contributed by atoms with Crippen LogP contribution in [0.5, 0.6) is 0 Å². The minimum atomic E-state index is -0.697. The molecule has 4 heteroatoms. The SMILES string of the molecule is CN1CCCC2CN(CC(=O)O)CCC21. The Kier molecular flexibility index (Phi) is 3.26. The first kappa shape index (κ1) is 10.9. The van der Waals surface area contributed by atoms with E-state index in [1.165, 1.54) is 19.4 Å². The van der Waals surface area contributed by atoms with E-state index >= 15 is 0 Å². The zero-order valence-electron chi connectivity index (χ0n) is 9.35. The van der Waals surface area contributed by atoms with Crippen molar-refractivity contribution >= 4 is 5.97 Å². The van der Waals surface area contributed by atoms with Gasteiger partial charge in [-0.3, -0.25) is 9.69 Å². The lowest BCUT2D eigenvalue weighted by Gasteiger charge is -2.45. The van der Waals surface area contributed by atoms with Crippen molar-refractivity contribution in [3.05, 3.63) is 0 Å². The largest absolute Gasteiger partial charge is 0.480 e. The van der Waals surface area contributed by atoms with Crippen molar-refractivity contribution in [3.63, 3.8) is 0 Å². The normalized spacial score (nSPS) is 33.7. The Labute approximate surface area is 90.9 Å². The Morgan fingerprint density at radius 1 is 1.40 bits per heavy atom. The third-order valence-electron chi connectivity index (χ3n) is 3.79. The number of aliphatic carboxylic acids is 1. The van der Waals surface area contributed by atoms with Crippen LogP contribution in [0.3, 0.4) is 0 Å². The van der Waals surface area contributed by atoms with Crippen molar-refractivity contribution in [1.29, 1.82) is 0 Å². The number of carbonyl (C=O) groups is 1. The molecule has 2 aliphatic rings. The number of likely N-dealkylation sites (tertiary alicyclic amines) is 2. The molecule has 0 saturated carbocycles. The Hall–Kier alpha value is -0.610. The van der Waals surface area contributed by atoms with Crippen LogP contribution in [0.2, 0.25) is 0 Å². The van der Waals surface area contributed by atoms with Gasteiger partial charge in [-0.15, -0.1) is 0 Å². The molecule has 4 nitrogen and oxygen atoms in total. The second kappa shape index (κ2) is 4.49. The lowest BCUT2D eigenvalue weighted by molar-refractivity contribution is -0.139.